The van der Waals surface area contributed by atoms with Gasteiger partial charge < -0.3 is 15.4 Å². The fourth-order valence-corrected chi connectivity index (χ4v) is 2.76. The Hall–Kier alpha value is -3.67. The number of hydrogen-bond acceptors (Lipinski definition) is 4. The molecule has 1 aromatic heterocycles. The molecule has 2 N–H and O–H groups in total. The van der Waals surface area contributed by atoms with Crippen LogP contribution >= 0.6 is 0 Å². The number of pyridine rings is 1. The molecule has 0 unspecified atom stereocenters. The minimum Gasteiger partial charge on any atom is -0.497 e. The highest BCUT2D eigenvalue weighted by molar-refractivity contribution is 6.08. The first-order valence-electron chi connectivity index (χ1n) is 8.77. The van der Waals surface area contributed by atoms with Crippen molar-refractivity contribution in [3.8, 4) is 5.75 Å². The van der Waals surface area contributed by atoms with Crippen molar-refractivity contribution in [2.24, 2.45) is 0 Å². The van der Waals surface area contributed by atoms with Crippen LogP contribution in [0.15, 0.2) is 60.8 Å². The van der Waals surface area contributed by atoms with Crippen LogP contribution in [0.5, 0.6) is 5.75 Å². The third kappa shape index (κ3) is 4.35. The molecular formula is C22H21N3O3. The number of methoxy groups -OCH3 is 1. The second-order valence-corrected chi connectivity index (χ2v) is 6.33. The number of aryl methyl sites for hydroxylation is 2. The zero-order valence-electron chi connectivity index (χ0n) is 15.9. The fraction of sp³-hybridized carbons (Fsp3) is 0.136. The lowest BCUT2D eigenvalue weighted by Gasteiger charge is -2.12. The van der Waals surface area contributed by atoms with Crippen LogP contribution in [-0.2, 0) is 0 Å². The van der Waals surface area contributed by atoms with E-state index >= 15 is 0 Å². The highest BCUT2D eigenvalue weighted by Gasteiger charge is 2.14. The van der Waals surface area contributed by atoms with Crippen molar-refractivity contribution in [1.29, 1.82) is 0 Å². The summed E-state index contributed by atoms with van der Waals surface area (Å²) in [6.07, 6.45) is 1.45. The predicted molar refractivity (Wildman–Crippen MR) is 109 cm³/mol. The minimum atomic E-state index is -0.396. The fourth-order valence-electron chi connectivity index (χ4n) is 2.76. The Morgan fingerprint density at radius 2 is 1.57 bits per heavy atom. The van der Waals surface area contributed by atoms with E-state index in [4.69, 9.17) is 4.74 Å². The molecule has 0 radical (unpaired) electrons. The number of para-hydroxylation sites is 1. The summed E-state index contributed by atoms with van der Waals surface area (Å²) in [4.78, 5) is 29.2. The first-order valence-corrected chi connectivity index (χ1v) is 8.77. The molecule has 0 aliphatic rings. The maximum Gasteiger partial charge on any atom is 0.274 e. The molecule has 0 saturated heterocycles. The van der Waals surface area contributed by atoms with Gasteiger partial charge in [0.05, 0.1) is 7.11 Å². The molecule has 1 heterocycles. The van der Waals surface area contributed by atoms with Crippen molar-refractivity contribution in [2.75, 3.05) is 17.7 Å². The monoisotopic (exact) mass is 375 g/mol. The molecule has 0 aliphatic heterocycles. The van der Waals surface area contributed by atoms with E-state index in [2.05, 4.69) is 15.6 Å². The number of carbonyl (C=O) groups is 2. The van der Waals surface area contributed by atoms with Crippen molar-refractivity contribution in [3.05, 3.63) is 83.2 Å². The number of ether oxygens (including phenoxy) is 1. The minimum absolute atomic E-state index is 0.157. The average Bonchev–Trinajstić information content (AvgIpc) is 2.71. The van der Waals surface area contributed by atoms with Crippen LogP contribution in [0, 0.1) is 13.8 Å². The van der Waals surface area contributed by atoms with Crippen molar-refractivity contribution < 1.29 is 14.3 Å². The zero-order chi connectivity index (χ0) is 20.1. The summed E-state index contributed by atoms with van der Waals surface area (Å²) in [5.41, 5.74) is 3.84. The zero-order valence-corrected chi connectivity index (χ0v) is 15.9. The Balaban J connectivity index is 1.75. The summed E-state index contributed by atoms with van der Waals surface area (Å²) < 4.78 is 5.10. The molecule has 0 aliphatic carbocycles. The van der Waals surface area contributed by atoms with E-state index < -0.39 is 5.91 Å². The maximum absolute atomic E-state index is 12.6. The van der Waals surface area contributed by atoms with Crippen molar-refractivity contribution in [2.45, 2.75) is 13.8 Å². The van der Waals surface area contributed by atoms with Gasteiger partial charge in [-0.15, -0.1) is 0 Å². The van der Waals surface area contributed by atoms with Crippen LogP contribution in [0.3, 0.4) is 0 Å². The molecule has 0 fully saturated rings. The third-order valence-corrected chi connectivity index (χ3v) is 4.32. The smallest absolute Gasteiger partial charge is 0.274 e. The lowest BCUT2D eigenvalue weighted by Crippen LogP contribution is -2.17. The quantitative estimate of drug-likeness (QED) is 0.700. The number of nitrogens with one attached hydrogen (secondary N) is 2. The number of nitrogens with zero attached hydrogens (tertiary/aromatic N) is 1. The number of carbonyl (C=O) groups excluding carboxylic acids is 2. The van der Waals surface area contributed by atoms with E-state index in [1.165, 1.54) is 12.3 Å². The number of rotatable bonds is 5. The van der Waals surface area contributed by atoms with Crippen LogP contribution in [0.4, 0.5) is 11.4 Å². The molecule has 6 heteroatoms. The molecule has 0 atom stereocenters. The molecule has 3 aromatic rings. The molecule has 6 nitrogen and oxygen atoms in total. The molecule has 0 saturated carbocycles. The molecule has 142 valence electrons. The highest BCUT2D eigenvalue weighted by atomic mass is 16.5. The normalized spacial score (nSPS) is 10.2. The molecule has 3 rings (SSSR count). The number of aromatic nitrogens is 1. The van der Waals surface area contributed by atoms with E-state index in [9.17, 15) is 9.59 Å². The van der Waals surface area contributed by atoms with E-state index in [0.29, 0.717) is 17.0 Å². The maximum atomic E-state index is 12.6. The molecule has 0 bridgehead atoms. The number of amides is 2. The van der Waals surface area contributed by atoms with Gasteiger partial charge in [0.15, 0.2) is 0 Å². The van der Waals surface area contributed by atoms with Gasteiger partial charge in [0.2, 0.25) is 0 Å². The highest BCUT2D eigenvalue weighted by Crippen LogP contribution is 2.20. The second kappa shape index (κ2) is 8.35. The Morgan fingerprint density at radius 1 is 0.893 bits per heavy atom. The van der Waals surface area contributed by atoms with Crippen LogP contribution in [0.25, 0.3) is 0 Å². The Kier molecular flexibility index (Phi) is 5.69. The van der Waals surface area contributed by atoms with Crippen LogP contribution in [0.1, 0.15) is 32.0 Å². The largest absolute Gasteiger partial charge is 0.497 e. The Labute approximate surface area is 163 Å². The van der Waals surface area contributed by atoms with Crippen molar-refractivity contribution in [3.63, 3.8) is 0 Å². The van der Waals surface area contributed by atoms with Gasteiger partial charge in [0, 0.05) is 23.1 Å². The van der Waals surface area contributed by atoms with Crippen LogP contribution in [0.2, 0.25) is 0 Å². The summed E-state index contributed by atoms with van der Waals surface area (Å²) in [5, 5.41) is 5.67. The first kappa shape index (κ1) is 19.1. The van der Waals surface area contributed by atoms with E-state index in [1.54, 1.807) is 37.4 Å². The van der Waals surface area contributed by atoms with Crippen LogP contribution in [-0.4, -0.2) is 23.9 Å². The summed E-state index contributed by atoms with van der Waals surface area (Å²) >= 11 is 0. The van der Waals surface area contributed by atoms with Crippen molar-refractivity contribution >= 4 is 23.2 Å². The SMILES string of the molecule is COc1ccc(NC(=O)c2cc(C(=O)Nc3c(C)cccc3C)ccn2)cc1. The van der Waals surface area contributed by atoms with Gasteiger partial charge in [-0.2, -0.15) is 0 Å². The standard InChI is InChI=1S/C22H21N3O3/c1-14-5-4-6-15(2)20(14)25-21(26)16-11-12-23-19(13-16)22(27)24-17-7-9-18(28-3)10-8-17/h4-13H,1-3H3,(H,24,27)(H,25,26). The van der Waals surface area contributed by atoms with E-state index in [0.717, 1.165) is 16.8 Å². The number of benzene rings is 2. The topological polar surface area (TPSA) is 80.3 Å². The predicted octanol–water partition coefficient (Wildman–Crippen LogP) is 4.21. The first-order chi connectivity index (χ1) is 13.5. The van der Waals surface area contributed by atoms with Gasteiger partial charge >= 0.3 is 0 Å². The summed E-state index contributed by atoms with van der Waals surface area (Å²) in [6.45, 7) is 3.87. The molecule has 28 heavy (non-hydrogen) atoms. The number of hydrogen-bond donors (Lipinski definition) is 2. The van der Waals surface area contributed by atoms with Gasteiger partial charge in [-0.3, -0.25) is 14.6 Å². The van der Waals surface area contributed by atoms with E-state index in [-0.39, 0.29) is 11.6 Å². The molecule has 0 spiro atoms. The molecule has 2 amide bonds. The molecule has 2 aromatic carbocycles. The van der Waals surface area contributed by atoms with E-state index in [1.807, 2.05) is 32.0 Å². The summed E-state index contributed by atoms with van der Waals surface area (Å²) in [5.74, 6) is 0.00600. The van der Waals surface area contributed by atoms with Crippen LogP contribution < -0.4 is 15.4 Å². The number of anilines is 2. The Morgan fingerprint density at radius 3 is 2.21 bits per heavy atom. The Bertz CT molecular complexity index is 994. The van der Waals surface area contributed by atoms with Gasteiger partial charge in [0.1, 0.15) is 11.4 Å². The lowest BCUT2D eigenvalue weighted by atomic mass is 10.1. The van der Waals surface area contributed by atoms with Gasteiger partial charge in [-0.1, -0.05) is 18.2 Å². The van der Waals surface area contributed by atoms with Gasteiger partial charge in [-0.25, -0.2) is 0 Å². The summed E-state index contributed by atoms with van der Waals surface area (Å²) in [7, 11) is 1.58. The summed E-state index contributed by atoms with van der Waals surface area (Å²) in [6, 6.07) is 15.8. The van der Waals surface area contributed by atoms with Gasteiger partial charge in [-0.05, 0) is 61.4 Å². The third-order valence-electron chi connectivity index (χ3n) is 4.32. The lowest BCUT2D eigenvalue weighted by molar-refractivity contribution is 0.102. The molecular weight excluding hydrogens is 354 g/mol. The second-order valence-electron chi connectivity index (χ2n) is 6.33. The van der Waals surface area contributed by atoms with Crippen molar-refractivity contribution in [1.82, 2.24) is 4.98 Å². The van der Waals surface area contributed by atoms with Gasteiger partial charge in [0.25, 0.3) is 11.8 Å². The average molecular weight is 375 g/mol.